The van der Waals surface area contributed by atoms with Crippen LogP contribution in [0, 0.1) is 3.57 Å². The van der Waals surface area contributed by atoms with Crippen molar-refractivity contribution in [2.24, 2.45) is 0 Å². The first-order chi connectivity index (χ1) is 13.5. The molecule has 0 saturated carbocycles. The molecule has 1 amide bonds. The number of benzene rings is 2. The molecular weight excluding hydrogens is 477 g/mol. The lowest BCUT2D eigenvalue weighted by Crippen LogP contribution is -2.20. The predicted octanol–water partition coefficient (Wildman–Crippen LogP) is 3.51. The van der Waals surface area contributed by atoms with Gasteiger partial charge in [0.15, 0.2) is 18.1 Å². The third kappa shape index (κ3) is 6.15. The van der Waals surface area contributed by atoms with Crippen LogP contribution in [0.5, 0.6) is 17.2 Å². The maximum atomic E-state index is 11.9. The number of halogens is 1. The van der Waals surface area contributed by atoms with Crippen LogP contribution in [0.1, 0.15) is 5.56 Å². The van der Waals surface area contributed by atoms with Crippen molar-refractivity contribution in [1.29, 1.82) is 0 Å². The van der Waals surface area contributed by atoms with Gasteiger partial charge in [0.05, 0.1) is 21.3 Å². The first-order valence-corrected chi connectivity index (χ1v) is 9.25. The molecule has 0 radical (unpaired) electrons. The van der Waals surface area contributed by atoms with Crippen molar-refractivity contribution in [3.05, 3.63) is 51.6 Å². The van der Waals surface area contributed by atoms with Crippen LogP contribution in [0.4, 0.5) is 5.69 Å². The average Bonchev–Trinajstić information content (AvgIpc) is 2.71. The number of amides is 1. The Morgan fingerprint density at radius 1 is 0.964 bits per heavy atom. The fourth-order valence-electron chi connectivity index (χ4n) is 2.26. The highest BCUT2D eigenvalue weighted by molar-refractivity contribution is 14.1. The van der Waals surface area contributed by atoms with E-state index < -0.39 is 18.5 Å². The number of carbonyl (C=O) groups excluding carboxylic acids is 2. The van der Waals surface area contributed by atoms with Crippen LogP contribution in [0.3, 0.4) is 0 Å². The second-order valence-corrected chi connectivity index (χ2v) is 6.69. The van der Waals surface area contributed by atoms with E-state index in [9.17, 15) is 9.59 Å². The third-order valence-corrected chi connectivity index (χ3v) is 4.33. The summed E-state index contributed by atoms with van der Waals surface area (Å²) in [5.41, 5.74) is 1.23. The van der Waals surface area contributed by atoms with Crippen molar-refractivity contribution in [2.75, 3.05) is 33.3 Å². The van der Waals surface area contributed by atoms with E-state index in [2.05, 4.69) is 27.9 Å². The summed E-state index contributed by atoms with van der Waals surface area (Å²) in [7, 11) is 4.54. The number of anilines is 1. The fourth-order valence-corrected chi connectivity index (χ4v) is 2.62. The van der Waals surface area contributed by atoms with Crippen molar-refractivity contribution in [1.82, 2.24) is 0 Å². The molecular formula is C20H20INO6. The number of hydrogen-bond acceptors (Lipinski definition) is 6. The summed E-state index contributed by atoms with van der Waals surface area (Å²) in [5.74, 6) is 0.416. The quantitative estimate of drug-likeness (QED) is 0.342. The van der Waals surface area contributed by atoms with Gasteiger partial charge in [0.2, 0.25) is 0 Å². The Morgan fingerprint density at radius 3 is 2.18 bits per heavy atom. The van der Waals surface area contributed by atoms with Gasteiger partial charge in [-0.25, -0.2) is 4.79 Å². The number of hydrogen-bond donors (Lipinski definition) is 1. The molecule has 0 aliphatic rings. The van der Waals surface area contributed by atoms with E-state index in [0.29, 0.717) is 28.5 Å². The monoisotopic (exact) mass is 497 g/mol. The number of esters is 1. The van der Waals surface area contributed by atoms with E-state index in [4.69, 9.17) is 18.9 Å². The van der Waals surface area contributed by atoms with E-state index in [-0.39, 0.29) is 0 Å². The Morgan fingerprint density at radius 2 is 1.57 bits per heavy atom. The Kier molecular flexibility index (Phi) is 8.12. The van der Waals surface area contributed by atoms with Crippen molar-refractivity contribution < 1.29 is 28.5 Å². The first-order valence-electron chi connectivity index (χ1n) is 8.17. The zero-order valence-electron chi connectivity index (χ0n) is 15.7. The highest BCUT2D eigenvalue weighted by Gasteiger charge is 2.11. The van der Waals surface area contributed by atoms with E-state index in [0.717, 1.165) is 3.57 Å². The number of nitrogens with one attached hydrogen (secondary N) is 1. The molecule has 0 saturated heterocycles. The van der Waals surface area contributed by atoms with Crippen LogP contribution in [-0.4, -0.2) is 39.8 Å². The molecule has 8 heteroatoms. The number of rotatable bonds is 8. The van der Waals surface area contributed by atoms with Gasteiger partial charge in [-0.1, -0.05) is 0 Å². The van der Waals surface area contributed by atoms with Gasteiger partial charge >= 0.3 is 5.97 Å². The van der Waals surface area contributed by atoms with Crippen LogP contribution >= 0.6 is 22.6 Å². The summed E-state index contributed by atoms with van der Waals surface area (Å²) in [6.45, 7) is -0.391. The molecule has 0 aliphatic heterocycles. The Labute approximate surface area is 176 Å². The zero-order chi connectivity index (χ0) is 20.5. The normalized spacial score (nSPS) is 10.4. The molecule has 148 valence electrons. The molecule has 0 unspecified atom stereocenters. The lowest BCUT2D eigenvalue weighted by Gasteiger charge is -2.12. The summed E-state index contributed by atoms with van der Waals surface area (Å²) in [4.78, 5) is 23.8. The van der Waals surface area contributed by atoms with E-state index in [1.807, 2.05) is 12.1 Å². The maximum absolute atomic E-state index is 11.9. The summed E-state index contributed by atoms with van der Waals surface area (Å²) < 4.78 is 21.8. The van der Waals surface area contributed by atoms with Crippen molar-refractivity contribution in [3.63, 3.8) is 0 Å². The molecule has 0 heterocycles. The number of ether oxygens (including phenoxy) is 4. The highest BCUT2D eigenvalue weighted by atomic mass is 127. The van der Waals surface area contributed by atoms with Gasteiger partial charge in [-0.2, -0.15) is 0 Å². The summed E-state index contributed by atoms with van der Waals surface area (Å²) in [6.07, 6.45) is 2.72. The molecule has 0 spiro atoms. The Bertz CT molecular complexity index is 864. The molecule has 0 aromatic heterocycles. The number of methoxy groups -OCH3 is 3. The summed E-state index contributed by atoms with van der Waals surface area (Å²) in [6, 6.07) is 10.6. The lowest BCUT2D eigenvalue weighted by atomic mass is 10.1. The van der Waals surface area contributed by atoms with Gasteiger partial charge in [0, 0.05) is 27.0 Å². The van der Waals surface area contributed by atoms with E-state index >= 15 is 0 Å². The Balaban J connectivity index is 1.95. The van der Waals surface area contributed by atoms with Gasteiger partial charge in [-0.05, 0) is 59.0 Å². The Hall–Kier alpha value is -2.75. The van der Waals surface area contributed by atoms with Crippen LogP contribution in [0.25, 0.3) is 6.08 Å². The van der Waals surface area contributed by atoms with E-state index in [1.165, 1.54) is 33.5 Å². The molecule has 7 nitrogen and oxygen atoms in total. The zero-order valence-corrected chi connectivity index (χ0v) is 17.8. The van der Waals surface area contributed by atoms with Crippen LogP contribution < -0.4 is 19.5 Å². The van der Waals surface area contributed by atoms with Gasteiger partial charge in [0.1, 0.15) is 5.75 Å². The molecule has 2 aromatic carbocycles. The molecule has 2 rings (SSSR count). The highest BCUT2D eigenvalue weighted by Crippen LogP contribution is 2.35. The second kappa shape index (κ2) is 10.5. The first kappa shape index (κ1) is 21.5. The van der Waals surface area contributed by atoms with Crippen molar-refractivity contribution in [2.45, 2.75) is 0 Å². The summed E-state index contributed by atoms with van der Waals surface area (Å²) in [5, 5.41) is 2.65. The van der Waals surface area contributed by atoms with Gasteiger partial charge < -0.3 is 24.3 Å². The second-order valence-electron chi connectivity index (χ2n) is 5.45. The predicted molar refractivity (Wildman–Crippen MR) is 114 cm³/mol. The topological polar surface area (TPSA) is 83.1 Å². The average molecular weight is 497 g/mol. The maximum Gasteiger partial charge on any atom is 0.331 e. The van der Waals surface area contributed by atoms with Gasteiger partial charge in [-0.3, -0.25) is 4.79 Å². The van der Waals surface area contributed by atoms with Crippen molar-refractivity contribution in [3.8, 4) is 17.2 Å². The molecule has 0 fully saturated rings. The number of carbonyl (C=O) groups is 2. The van der Waals surface area contributed by atoms with Crippen LogP contribution in [-0.2, 0) is 14.3 Å². The minimum absolute atomic E-state index is 0.391. The molecule has 0 bridgehead atoms. The third-order valence-electron chi connectivity index (χ3n) is 3.61. The van der Waals surface area contributed by atoms with Gasteiger partial charge in [0.25, 0.3) is 5.91 Å². The smallest absolute Gasteiger partial charge is 0.331 e. The van der Waals surface area contributed by atoms with Gasteiger partial charge in [-0.15, -0.1) is 0 Å². The molecule has 0 atom stereocenters. The molecule has 28 heavy (non-hydrogen) atoms. The molecule has 1 N–H and O–H groups in total. The van der Waals surface area contributed by atoms with Crippen LogP contribution in [0.15, 0.2) is 42.5 Å². The van der Waals surface area contributed by atoms with E-state index in [1.54, 1.807) is 24.3 Å². The largest absolute Gasteiger partial charge is 0.496 e. The lowest BCUT2D eigenvalue weighted by molar-refractivity contribution is -0.142. The minimum atomic E-state index is -0.658. The van der Waals surface area contributed by atoms with Crippen LogP contribution in [0.2, 0.25) is 0 Å². The molecule has 2 aromatic rings. The standard InChI is InChI=1S/C20H20INO6/c1-25-16-11-18(27-3)17(26-2)10-13(16)4-9-20(24)28-12-19(23)22-15-7-5-14(21)6-8-15/h4-11H,12H2,1-3H3,(H,22,23)/b9-4+. The van der Waals surface area contributed by atoms with Crippen molar-refractivity contribution >= 4 is 46.2 Å². The fraction of sp³-hybridized carbons (Fsp3) is 0.200. The minimum Gasteiger partial charge on any atom is -0.496 e. The summed E-state index contributed by atoms with van der Waals surface area (Å²) >= 11 is 2.17. The SMILES string of the molecule is COc1cc(OC)c(OC)cc1/C=C/C(=O)OCC(=O)Nc1ccc(I)cc1. The molecule has 0 aliphatic carbocycles.